The molecule has 3 unspecified atom stereocenters. The summed E-state index contributed by atoms with van der Waals surface area (Å²) in [7, 11) is 1.51. The highest BCUT2D eigenvalue weighted by Gasteiger charge is 2.50. The van der Waals surface area contributed by atoms with Gasteiger partial charge in [0.05, 0.1) is 41.4 Å². The highest BCUT2D eigenvalue weighted by molar-refractivity contribution is 6.32. The lowest BCUT2D eigenvalue weighted by atomic mass is 9.78. The average molecular weight is 609 g/mol. The molecule has 44 heavy (non-hydrogen) atoms. The summed E-state index contributed by atoms with van der Waals surface area (Å²) in [5.74, 6) is -1.62. The zero-order valence-electron chi connectivity index (χ0n) is 24.4. The van der Waals surface area contributed by atoms with Crippen LogP contribution in [0.25, 0.3) is 22.2 Å². The molecule has 8 nitrogen and oxygen atoms in total. The topological polar surface area (TPSA) is 103 Å². The summed E-state index contributed by atoms with van der Waals surface area (Å²) in [6.45, 7) is 3.31. The number of fused-ring (bicyclic) bond motifs is 2. The fourth-order valence-electron chi connectivity index (χ4n) is 5.99. The standard InChI is InChI=1S/C35H29ClN2O6/c1-19-6-4-9-26-31(19)34(41)38(33(26)40)23-12-10-21(11-13-23)29-17-27(25-14-15-28(36)20(2)32(25)37-29)35(42)44-18-30(39)22-7-5-8-24(16-22)43-3/h4-8,10-17,19,26,31H,9,18H2,1-3H3. The van der Waals surface area contributed by atoms with Crippen LogP contribution in [0.2, 0.25) is 5.02 Å². The minimum Gasteiger partial charge on any atom is -0.497 e. The number of carbonyl (C=O) groups is 4. The molecule has 0 radical (unpaired) electrons. The Bertz CT molecular complexity index is 1870. The molecule has 2 amide bonds. The van der Waals surface area contributed by atoms with Gasteiger partial charge in [-0.3, -0.25) is 19.3 Å². The SMILES string of the molecule is COc1cccc(C(=O)COC(=O)c2cc(-c3ccc(N4C(=O)C5CC=CC(C)C5C4=O)cc3)nc3c(C)c(Cl)ccc23)c1. The summed E-state index contributed by atoms with van der Waals surface area (Å²) >= 11 is 6.41. The molecule has 222 valence electrons. The first-order chi connectivity index (χ1) is 21.2. The van der Waals surface area contributed by atoms with Gasteiger partial charge in [0.1, 0.15) is 5.75 Å². The number of methoxy groups -OCH3 is 1. The van der Waals surface area contributed by atoms with E-state index in [9.17, 15) is 19.2 Å². The Kier molecular flexibility index (Phi) is 7.78. The van der Waals surface area contributed by atoms with E-state index in [0.29, 0.717) is 56.2 Å². The number of pyridine rings is 1. The van der Waals surface area contributed by atoms with Gasteiger partial charge in [0.2, 0.25) is 11.8 Å². The number of halogens is 1. The number of aromatic nitrogens is 1. The second-order valence-corrected chi connectivity index (χ2v) is 11.5. The first kappa shape index (κ1) is 29.3. The van der Waals surface area contributed by atoms with E-state index in [4.69, 9.17) is 26.1 Å². The molecule has 1 saturated heterocycles. The fraction of sp³-hybridized carbons (Fsp3) is 0.229. The predicted octanol–water partition coefficient (Wildman–Crippen LogP) is 6.61. The number of ether oxygens (including phenoxy) is 2. The number of benzene rings is 3. The van der Waals surface area contributed by atoms with Gasteiger partial charge >= 0.3 is 5.97 Å². The van der Waals surface area contributed by atoms with Crippen LogP contribution in [-0.4, -0.2) is 42.3 Å². The van der Waals surface area contributed by atoms with E-state index < -0.39 is 12.6 Å². The van der Waals surface area contributed by atoms with Crippen molar-refractivity contribution in [1.29, 1.82) is 0 Å². The van der Waals surface area contributed by atoms with Crippen LogP contribution in [0.15, 0.2) is 78.9 Å². The molecule has 1 aromatic heterocycles. The number of amides is 2. The number of ketones is 1. The smallest absolute Gasteiger partial charge is 0.339 e. The van der Waals surface area contributed by atoms with Gasteiger partial charge in [-0.15, -0.1) is 0 Å². The van der Waals surface area contributed by atoms with Gasteiger partial charge in [-0.2, -0.15) is 0 Å². The normalized spacial score (nSPS) is 19.3. The third kappa shape index (κ3) is 5.15. The molecule has 2 heterocycles. The molecule has 0 spiro atoms. The lowest BCUT2D eigenvalue weighted by molar-refractivity contribution is -0.122. The van der Waals surface area contributed by atoms with Gasteiger partial charge in [-0.1, -0.05) is 61.0 Å². The Balaban J connectivity index is 1.30. The van der Waals surface area contributed by atoms with Gasteiger partial charge in [0.15, 0.2) is 12.4 Å². The first-order valence-corrected chi connectivity index (χ1v) is 14.6. The van der Waals surface area contributed by atoms with Gasteiger partial charge in [0.25, 0.3) is 0 Å². The van der Waals surface area contributed by atoms with Crippen molar-refractivity contribution in [3.63, 3.8) is 0 Å². The number of esters is 1. The Labute approximate surface area is 259 Å². The number of hydrogen-bond donors (Lipinski definition) is 0. The molecule has 0 saturated carbocycles. The molecule has 0 N–H and O–H groups in total. The van der Waals surface area contributed by atoms with Gasteiger partial charge in [0, 0.05) is 21.5 Å². The highest BCUT2D eigenvalue weighted by Crippen LogP contribution is 2.41. The van der Waals surface area contributed by atoms with Crippen LogP contribution < -0.4 is 9.64 Å². The van der Waals surface area contributed by atoms with Crippen LogP contribution in [0.3, 0.4) is 0 Å². The summed E-state index contributed by atoms with van der Waals surface area (Å²) in [6.07, 6.45) is 4.53. The summed E-state index contributed by atoms with van der Waals surface area (Å²) in [6, 6.07) is 18.6. The maximum Gasteiger partial charge on any atom is 0.339 e. The minimum absolute atomic E-state index is 0.00432. The monoisotopic (exact) mass is 608 g/mol. The summed E-state index contributed by atoms with van der Waals surface area (Å²) in [5, 5.41) is 1.02. The molecular weight excluding hydrogens is 580 g/mol. The summed E-state index contributed by atoms with van der Waals surface area (Å²) in [4.78, 5) is 58.7. The molecule has 1 aliphatic carbocycles. The molecule has 1 aliphatic heterocycles. The average Bonchev–Trinajstić information content (AvgIpc) is 3.31. The van der Waals surface area contributed by atoms with Gasteiger partial charge in [-0.05, 0) is 61.2 Å². The van der Waals surface area contributed by atoms with Crippen LogP contribution in [0, 0.1) is 24.7 Å². The van der Waals surface area contributed by atoms with Crippen LogP contribution in [-0.2, 0) is 14.3 Å². The third-order valence-corrected chi connectivity index (χ3v) is 8.82. The van der Waals surface area contributed by atoms with Crippen molar-refractivity contribution >= 4 is 51.8 Å². The van der Waals surface area contributed by atoms with Crippen molar-refractivity contribution in [2.75, 3.05) is 18.6 Å². The first-order valence-electron chi connectivity index (χ1n) is 14.3. The predicted molar refractivity (Wildman–Crippen MR) is 167 cm³/mol. The lowest BCUT2D eigenvalue weighted by Crippen LogP contribution is -2.31. The third-order valence-electron chi connectivity index (χ3n) is 8.41. The van der Waals surface area contributed by atoms with E-state index >= 15 is 0 Å². The number of carbonyl (C=O) groups excluding carboxylic acids is 4. The molecule has 3 atom stereocenters. The van der Waals surface area contributed by atoms with Crippen LogP contribution in [0.4, 0.5) is 5.69 Å². The van der Waals surface area contributed by atoms with E-state index in [1.165, 1.54) is 12.0 Å². The molecule has 2 aliphatic rings. The van der Waals surface area contributed by atoms with Crippen molar-refractivity contribution in [3.05, 3.63) is 101 Å². The van der Waals surface area contributed by atoms with Gasteiger partial charge < -0.3 is 9.47 Å². The minimum atomic E-state index is -0.688. The maximum atomic E-state index is 13.4. The molecule has 3 aromatic carbocycles. The van der Waals surface area contributed by atoms with Crippen molar-refractivity contribution in [2.45, 2.75) is 20.3 Å². The van der Waals surface area contributed by atoms with Crippen molar-refractivity contribution < 1.29 is 28.7 Å². The number of anilines is 1. The summed E-state index contributed by atoms with van der Waals surface area (Å²) in [5.41, 5.74) is 3.39. The van der Waals surface area contributed by atoms with E-state index in [1.54, 1.807) is 66.7 Å². The lowest BCUT2D eigenvalue weighted by Gasteiger charge is -2.22. The number of Topliss-reactive ketones (excluding diaryl/α,β-unsaturated/α-hetero) is 1. The number of allylic oxidation sites excluding steroid dienone is 2. The highest BCUT2D eigenvalue weighted by atomic mass is 35.5. The van der Waals surface area contributed by atoms with E-state index in [-0.39, 0.29) is 40.9 Å². The van der Waals surface area contributed by atoms with Gasteiger partial charge in [-0.25, -0.2) is 9.78 Å². The molecule has 0 bridgehead atoms. The number of nitrogens with zero attached hydrogens (tertiary/aromatic N) is 2. The summed E-state index contributed by atoms with van der Waals surface area (Å²) < 4.78 is 10.7. The Morgan fingerprint density at radius 3 is 2.52 bits per heavy atom. The van der Waals surface area contributed by atoms with Crippen molar-refractivity contribution in [2.24, 2.45) is 17.8 Å². The van der Waals surface area contributed by atoms with E-state index in [0.717, 1.165) is 0 Å². The number of rotatable bonds is 7. The quantitative estimate of drug-likeness (QED) is 0.101. The van der Waals surface area contributed by atoms with E-state index in [1.807, 2.05) is 26.0 Å². The largest absolute Gasteiger partial charge is 0.497 e. The second kappa shape index (κ2) is 11.7. The molecular formula is C35H29ClN2O6. The Morgan fingerprint density at radius 2 is 1.80 bits per heavy atom. The van der Waals surface area contributed by atoms with Crippen LogP contribution in [0.5, 0.6) is 5.75 Å². The molecule has 1 fully saturated rings. The van der Waals surface area contributed by atoms with E-state index in [2.05, 4.69) is 0 Å². The van der Waals surface area contributed by atoms with Crippen LogP contribution >= 0.6 is 11.6 Å². The maximum absolute atomic E-state index is 13.4. The Hall–Kier alpha value is -4.82. The van der Waals surface area contributed by atoms with Crippen molar-refractivity contribution in [1.82, 2.24) is 4.98 Å². The van der Waals surface area contributed by atoms with Crippen LogP contribution in [0.1, 0.15) is 39.6 Å². The number of aryl methyl sites for hydroxylation is 1. The Morgan fingerprint density at radius 1 is 1.02 bits per heavy atom. The molecule has 6 rings (SSSR count). The molecule has 9 heteroatoms. The zero-order valence-corrected chi connectivity index (χ0v) is 25.1. The number of hydrogen-bond acceptors (Lipinski definition) is 7. The second-order valence-electron chi connectivity index (χ2n) is 11.1. The number of imide groups is 1. The fourth-order valence-corrected chi connectivity index (χ4v) is 6.15. The zero-order chi connectivity index (χ0) is 31.1. The van der Waals surface area contributed by atoms with Crippen molar-refractivity contribution in [3.8, 4) is 17.0 Å². The molecule has 4 aromatic rings.